The zero-order chi connectivity index (χ0) is 12.8. The maximum atomic E-state index is 12.1. The van der Waals surface area contributed by atoms with E-state index in [1.807, 2.05) is 7.05 Å². The first-order valence-electron chi connectivity index (χ1n) is 7.47. The molecule has 0 spiro atoms. The molecule has 0 aliphatic carbocycles. The van der Waals surface area contributed by atoms with Crippen molar-refractivity contribution in [2.24, 2.45) is 0 Å². The molecule has 1 amide bonds. The molecule has 0 aromatic rings. The molecule has 0 aromatic carbocycles. The summed E-state index contributed by atoms with van der Waals surface area (Å²) in [6.45, 7) is 5.34. The van der Waals surface area contributed by atoms with Gasteiger partial charge in [0.05, 0.1) is 0 Å². The summed E-state index contributed by atoms with van der Waals surface area (Å²) >= 11 is 0. The fourth-order valence-electron chi connectivity index (χ4n) is 3.17. The first-order chi connectivity index (χ1) is 8.81. The van der Waals surface area contributed by atoms with Crippen molar-refractivity contribution in [3.05, 3.63) is 0 Å². The zero-order valence-electron chi connectivity index (χ0n) is 12.5. The third kappa shape index (κ3) is 5.76. The molecular formula is C14H29Cl2N3O. The van der Waals surface area contributed by atoms with Crippen LogP contribution in [-0.4, -0.2) is 61.5 Å². The number of likely N-dealkylation sites (tertiary alicyclic amines) is 2. The third-order valence-corrected chi connectivity index (χ3v) is 4.20. The first kappa shape index (κ1) is 20.0. The Morgan fingerprint density at radius 3 is 2.45 bits per heavy atom. The lowest BCUT2D eigenvalue weighted by Gasteiger charge is -2.33. The number of amides is 1. The van der Waals surface area contributed by atoms with Crippen molar-refractivity contribution in [2.45, 2.75) is 44.6 Å². The number of carbonyl (C=O) groups excluding carboxylic acids is 1. The molecule has 2 saturated heterocycles. The summed E-state index contributed by atoms with van der Waals surface area (Å²) in [6, 6.07) is 0.479. The second-order valence-corrected chi connectivity index (χ2v) is 5.60. The number of hydrogen-bond donors (Lipinski definition) is 1. The number of halogens is 2. The van der Waals surface area contributed by atoms with Gasteiger partial charge in [-0.05, 0) is 45.8 Å². The van der Waals surface area contributed by atoms with Gasteiger partial charge in [0.25, 0.3) is 0 Å². The number of piperidine rings is 1. The lowest BCUT2D eigenvalue weighted by Crippen LogP contribution is -2.45. The second kappa shape index (κ2) is 10.7. The summed E-state index contributed by atoms with van der Waals surface area (Å²) in [4.78, 5) is 16.8. The maximum absolute atomic E-state index is 12.1. The molecular weight excluding hydrogens is 297 g/mol. The predicted octanol–water partition coefficient (Wildman–Crippen LogP) is 1.92. The molecule has 6 heteroatoms. The van der Waals surface area contributed by atoms with E-state index in [-0.39, 0.29) is 24.8 Å². The minimum Gasteiger partial charge on any atom is -0.338 e. The quantitative estimate of drug-likeness (QED) is 0.838. The second-order valence-electron chi connectivity index (χ2n) is 5.60. The Morgan fingerprint density at radius 1 is 1.10 bits per heavy atom. The summed E-state index contributed by atoms with van der Waals surface area (Å²) in [5, 5.41) is 3.06. The van der Waals surface area contributed by atoms with Gasteiger partial charge in [-0.2, -0.15) is 0 Å². The Bertz CT molecular complexity index is 273. The first-order valence-corrected chi connectivity index (χ1v) is 7.47. The van der Waals surface area contributed by atoms with Crippen LogP contribution >= 0.6 is 24.8 Å². The molecule has 1 atom stereocenters. The largest absolute Gasteiger partial charge is 0.338 e. The van der Waals surface area contributed by atoms with Crippen LogP contribution in [0.25, 0.3) is 0 Å². The van der Waals surface area contributed by atoms with Crippen LogP contribution in [0.4, 0.5) is 0 Å². The highest BCUT2D eigenvalue weighted by Gasteiger charge is 2.29. The Labute approximate surface area is 135 Å². The number of rotatable bonds is 5. The molecule has 2 rings (SSSR count). The van der Waals surface area contributed by atoms with Gasteiger partial charge < -0.3 is 15.1 Å². The van der Waals surface area contributed by atoms with Crippen molar-refractivity contribution in [1.29, 1.82) is 0 Å². The number of carbonyl (C=O) groups is 1. The summed E-state index contributed by atoms with van der Waals surface area (Å²) in [5.41, 5.74) is 0. The lowest BCUT2D eigenvalue weighted by molar-refractivity contribution is -0.132. The van der Waals surface area contributed by atoms with Crippen LogP contribution in [0.1, 0.15) is 38.5 Å². The highest BCUT2D eigenvalue weighted by molar-refractivity contribution is 5.85. The summed E-state index contributed by atoms with van der Waals surface area (Å²) in [6.07, 6.45) is 7.07. The SMILES string of the molecule is CNCCC(=O)N1CCCC1CN1CCCCC1.Cl.Cl. The zero-order valence-corrected chi connectivity index (χ0v) is 14.1. The molecule has 1 unspecified atom stereocenters. The van der Waals surface area contributed by atoms with E-state index in [1.54, 1.807) is 0 Å². The topological polar surface area (TPSA) is 35.6 Å². The van der Waals surface area contributed by atoms with Gasteiger partial charge in [0.1, 0.15) is 0 Å². The number of hydrogen-bond acceptors (Lipinski definition) is 3. The Hall–Kier alpha value is -0.0300. The van der Waals surface area contributed by atoms with Crippen LogP contribution in [0.2, 0.25) is 0 Å². The van der Waals surface area contributed by atoms with E-state index in [4.69, 9.17) is 0 Å². The Kier molecular flexibility index (Phi) is 10.6. The van der Waals surface area contributed by atoms with Gasteiger partial charge in [-0.1, -0.05) is 6.42 Å². The van der Waals surface area contributed by atoms with Crippen molar-refractivity contribution in [2.75, 3.05) is 39.8 Å². The van der Waals surface area contributed by atoms with E-state index >= 15 is 0 Å². The van der Waals surface area contributed by atoms with Crippen molar-refractivity contribution in [3.8, 4) is 0 Å². The normalized spacial score (nSPS) is 23.1. The molecule has 0 bridgehead atoms. The summed E-state index contributed by atoms with van der Waals surface area (Å²) in [5.74, 6) is 0.337. The van der Waals surface area contributed by atoms with Crippen LogP contribution < -0.4 is 5.32 Å². The molecule has 0 saturated carbocycles. The minimum absolute atomic E-state index is 0. The molecule has 20 heavy (non-hydrogen) atoms. The summed E-state index contributed by atoms with van der Waals surface area (Å²) < 4.78 is 0. The summed E-state index contributed by atoms with van der Waals surface area (Å²) in [7, 11) is 1.91. The van der Waals surface area contributed by atoms with Gasteiger partial charge in [0.2, 0.25) is 5.91 Å². The van der Waals surface area contributed by atoms with E-state index in [0.717, 1.165) is 19.6 Å². The lowest BCUT2D eigenvalue weighted by atomic mass is 10.1. The number of nitrogens with zero attached hydrogens (tertiary/aromatic N) is 2. The Morgan fingerprint density at radius 2 is 1.80 bits per heavy atom. The van der Waals surface area contributed by atoms with E-state index in [2.05, 4.69) is 15.1 Å². The highest BCUT2D eigenvalue weighted by Crippen LogP contribution is 2.20. The monoisotopic (exact) mass is 325 g/mol. The molecule has 2 aliphatic heterocycles. The van der Waals surface area contributed by atoms with E-state index in [0.29, 0.717) is 18.4 Å². The minimum atomic E-state index is 0. The fraction of sp³-hybridized carbons (Fsp3) is 0.929. The van der Waals surface area contributed by atoms with E-state index in [1.165, 1.54) is 45.2 Å². The molecule has 0 radical (unpaired) electrons. The van der Waals surface area contributed by atoms with Crippen molar-refractivity contribution in [3.63, 3.8) is 0 Å². The molecule has 0 aromatic heterocycles. The van der Waals surface area contributed by atoms with Crippen LogP contribution in [0.5, 0.6) is 0 Å². The maximum Gasteiger partial charge on any atom is 0.224 e. The average Bonchev–Trinajstić information content (AvgIpc) is 2.85. The Balaban J connectivity index is 0.00000180. The molecule has 2 fully saturated rings. The number of nitrogens with one attached hydrogen (secondary N) is 1. The van der Waals surface area contributed by atoms with Crippen LogP contribution in [-0.2, 0) is 4.79 Å². The fourth-order valence-corrected chi connectivity index (χ4v) is 3.17. The molecule has 2 aliphatic rings. The molecule has 2 heterocycles. The van der Waals surface area contributed by atoms with Crippen LogP contribution in [0.15, 0.2) is 0 Å². The molecule has 4 nitrogen and oxygen atoms in total. The highest BCUT2D eigenvalue weighted by atomic mass is 35.5. The molecule has 1 N–H and O–H groups in total. The van der Waals surface area contributed by atoms with E-state index < -0.39 is 0 Å². The molecule has 120 valence electrons. The predicted molar refractivity (Wildman–Crippen MR) is 88.1 cm³/mol. The van der Waals surface area contributed by atoms with Crippen molar-refractivity contribution < 1.29 is 4.79 Å². The van der Waals surface area contributed by atoms with Crippen molar-refractivity contribution >= 4 is 30.7 Å². The van der Waals surface area contributed by atoms with Gasteiger partial charge in [-0.15, -0.1) is 24.8 Å². The third-order valence-electron chi connectivity index (χ3n) is 4.20. The van der Waals surface area contributed by atoms with Gasteiger partial charge in [-0.25, -0.2) is 0 Å². The van der Waals surface area contributed by atoms with Gasteiger partial charge in [-0.3, -0.25) is 4.79 Å². The smallest absolute Gasteiger partial charge is 0.224 e. The van der Waals surface area contributed by atoms with Gasteiger partial charge in [0, 0.05) is 32.1 Å². The van der Waals surface area contributed by atoms with Gasteiger partial charge in [0.15, 0.2) is 0 Å². The van der Waals surface area contributed by atoms with Gasteiger partial charge >= 0.3 is 0 Å². The van der Waals surface area contributed by atoms with E-state index in [9.17, 15) is 4.79 Å². The average molecular weight is 326 g/mol. The van der Waals surface area contributed by atoms with Crippen LogP contribution in [0, 0.1) is 0 Å². The van der Waals surface area contributed by atoms with Crippen molar-refractivity contribution in [1.82, 2.24) is 15.1 Å². The van der Waals surface area contributed by atoms with Crippen LogP contribution in [0.3, 0.4) is 0 Å². The standard InChI is InChI=1S/C14H27N3O.2ClH/c1-15-8-7-14(18)17-11-5-6-13(17)12-16-9-3-2-4-10-16;;/h13,15H,2-12H2,1H3;2*1H.